The zero-order chi connectivity index (χ0) is 26.8. The number of ether oxygens (including phenoxy) is 3. The Morgan fingerprint density at radius 1 is 0.919 bits per heavy atom. The van der Waals surface area contributed by atoms with E-state index < -0.39 is 0 Å². The van der Waals surface area contributed by atoms with Gasteiger partial charge in [-0.1, -0.05) is 18.2 Å². The van der Waals surface area contributed by atoms with Crippen molar-refractivity contribution >= 4 is 11.8 Å². The second-order valence-corrected chi connectivity index (χ2v) is 9.84. The number of hydrogen-bond acceptors (Lipinski definition) is 6. The quantitative estimate of drug-likeness (QED) is 0.414. The van der Waals surface area contributed by atoms with Crippen LogP contribution in [-0.2, 0) is 4.74 Å². The predicted octanol–water partition coefficient (Wildman–Crippen LogP) is 3.57. The van der Waals surface area contributed by atoms with Crippen molar-refractivity contribution in [2.45, 2.75) is 26.3 Å². The number of benzene rings is 2. The van der Waals surface area contributed by atoms with E-state index in [9.17, 15) is 9.59 Å². The number of nitrogens with one attached hydrogen (secondary N) is 1. The number of rotatable bonds is 13. The second-order valence-electron chi connectivity index (χ2n) is 9.84. The Labute approximate surface area is 220 Å². The maximum Gasteiger partial charge on any atom is 0.254 e. The van der Waals surface area contributed by atoms with E-state index >= 15 is 0 Å². The van der Waals surface area contributed by atoms with Gasteiger partial charge in [0.15, 0.2) is 11.5 Å². The van der Waals surface area contributed by atoms with Gasteiger partial charge in [0, 0.05) is 70.5 Å². The molecule has 8 heteroatoms. The minimum atomic E-state index is -0.0428. The van der Waals surface area contributed by atoms with E-state index in [0.717, 1.165) is 19.5 Å². The molecule has 2 atom stereocenters. The lowest BCUT2D eigenvalue weighted by Gasteiger charge is -2.33. The second kappa shape index (κ2) is 14.0. The Morgan fingerprint density at radius 2 is 1.62 bits per heavy atom. The van der Waals surface area contributed by atoms with E-state index in [-0.39, 0.29) is 29.7 Å². The number of amides is 2. The molecule has 0 radical (unpaired) electrons. The molecule has 2 aromatic carbocycles. The molecular weight excluding hydrogens is 470 g/mol. The molecule has 2 unspecified atom stereocenters. The first-order valence-electron chi connectivity index (χ1n) is 13.0. The third-order valence-corrected chi connectivity index (χ3v) is 6.83. The Hall–Kier alpha value is -3.10. The summed E-state index contributed by atoms with van der Waals surface area (Å²) in [4.78, 5) is 30.2. The maximum atomic E-state index is 13.6. The van der Waals surface area contributed by atoms with E-state index in [4.69, 9.17) is 14.2 Å². The Kier molecular flexibility index (Phi) is 10.8. The molecule has 8 nitrogen and oxygen atoms in total. The van der Waals surface area contributed by atoms with Crippen molar-refractivity contribution in [3.8, 4) is 11.5 Å². The average molecular weight is 512 g/mol. The van der Waals surface area contributed by atoms with Crippen molar-refractivity contribution in [2.24, 2.45) is 11.8 Å². The van der Waals surface area contributed by atoms with Crippen molar-refractivity contribution in [1.82, 2.24) is 15.1 Å². The van der Waals surface area contributed by atoms with Crippen LogP contribution in [0.1, 0.15) is 41.0 Å². The number of hydrogen-bond donors (Lipinski definition) is 1. The van der Waals surface area contributed by atoms with Crippen LogP contribution < -0.4 is 14.8 Å². The lowest BCUT2D eigenvalue weighted by Crippen LogP contribution is -2.44. The number of methoxy groups -OCH3 is 2. The average Bonchev–Trinajstić information content (AvgIpc) is 3.35. The maximum absolute atomic E-state index is 13.6. The largest absolute Gasteiger partial charge is 0.493 e. The first-order valence-corrected chi connectivity index (χ1v) is 13.0. The summed E-state index contributed by atoms with van der Waals surface area (Å²) in [6.07, 6.45) is 0.743. The smallest absolute Gasteiger partial charge is 0.254 e. The summed E-state index contributed by atoms with van der Waals surface area (Å²) in [6.45, 7) is 8.01. The normalized spacial score (nSPS) is 17.0. The molecule has 2 aromatic rings. The van der Waals surface area contributed by atoms with E-state index in [1.165, 1.54) is 0 Å². The van der Waals surface area contributed by atoms with E-state index in [2.05, 4.69) is 5.32 Å². The van der Waals surface area contributed by atoms with E-state index in [1.54, 1.807) is 37.3 Å². The van der Waals surface area contributed by atoms with Gasteiger partial charge in [-0.05, 0) is 56.0 Å². The van der Waals surface area contributed by atoms with Gasteiger partial charge in [-0.25, -0.2) is 0 Å². The minimum absolute atomic E-state index is 0.0132. The van der Waals surface area contributed by atoms with Crippen LogP contribution in [0.15, 0.2) is 48.5 Å². The molecule has 0 aliphatic carbocycles. The SMILES string of the molecule is COCCCOc1cc(C(=O)N(CC2CNCC2CN(C)C(=O)c2ccccc2)C(C)C)ccc1OC. The van der Waals surface area contributed by atoms with Crippen molar-refractivity contribution < 1.29 is 23.8 Å². The molecule has 202 valence electrons. The van der Waals surface area contributed by atoms with Crippen LogP contribution in [0.2, 0.25) is 0 Å². The highest BCUT2D eigenvalue weighted by Gasteiger charge is 2.33. The number of carbonyl (C=O) groups is 2. The van der Waals surface area contributed by atoms with Gasteiger partial charge in [0.2, 0.25) is 0 Å². The van der Waals surface area contributed by atoms with Gasteiger partial charge in [0.25, 0.3) is 11.8 Å². The molecule has 1 N–H and O–H groups in total. The van der Waals surface area contributed by atoms with Crippen LogP contribution in [0.5, 0.6) is 11.5 Å². The molecule has 1 heterocycles. The molecule has 1 aliphatic rings. The zero-order valence-corrected chi connectivity index (χ0v) is 22.7. The van der Waals surface area contributed by atoms with Gasteiger partial charge in [-0.2, -0.15) is 0 Å². The van der Waals surface area contributed by atoms with Crippen LogP contribution in [0, 0.1) is 11.8 Å². The van der Waals surface area contributed by atoms with Crippen molar-refractivity contribution in [1.29, 1.82) is 0 Å². The van der Waals surface area contributed by atoms with E-state index in [0.29, 0.717) is 48.9 Å². The van der Waals surface area contributed by atoms with Crippen LogP contribution in [-0.4, -0.2) is 88.3 Å². The molecular formula is C29H41N3O5. The molecule has 2 amide bonds. The molecule has 0 bridgehead atoms. The molecule has 0 aromatic heterocycles. The highest BCUT2D eigenvalue weighted by atomic mass is 16.5. The topological polar surface area (TPSA) is 80.3 Å². The first-order chi connectivity index (χ1) is 17.8. The fraction of sp³-hybridized carbons (Fsp3) is 0.517. The summed E-state index contributed by atoms with van der Waals surface area (Å²) < 4.78 is 16.4. The van der Waals surface area contributed by atoms with Crippen molar-refractivity contribution in [2.75, 3.05) is 60.7 Å². The van der Waals surface area contributed by atoms with E-state index in [1.807, 2.05) is 56.1 Å². The molecule has 0 spiro atoms. The van der Waals surface area contributed by atoms with Crippen LogP contribution in [0.4, 0.5) is 0 Å². The van der Waals surface area contributed by atoms with Crippen molar-refractivity contribution in [3.63, 3.8) is 0 Å². The first kappa shape index (κ1) is 28.5. The standard InChI is InChI=1S/C29H41N3O5/c1-21(2)32(29(34)23-12-13-26(36-5)27(16-23)37-15-9-14-35-4)20-25-18-30-17-24(25)19-31(3)28(33)22-10-7-6-8-11-22/h6-8,10-13,16,21,24-25,30H,9,14-15,17-20H2,1-5H3. The monoisotopic (exact) mass is 511 g/mol. The zero-order valence-electron chi connectivity index (χ0n) is 22.7. The lowest BCUT2D eigenvalue weighted by atomic mass is 9.94. The molecule has 1 aliphatic heterocycles. The highest BCUT2D eigenvalue weighted by Crippen LogP contribution is 2.30. The van der Waals surface area contributed by atoms with Gasteiger partial charge in [0.05, 0.1) is 13.7 Å². The predicted molar refractivity (Wildman–Crippen MR) is 144 cm³/mol. The summed E-state index contributed by atoms with van der Waals surface area (Å²) in [5, 5.41) is 3.46. The summed E-state index contributed by atoms with van der Waals surface area (Å²) in [5.74, 6) is 1.60. The third kappa shape index (κ3) is 7.69. The highest BCUT2D eigenvalue weighted by molar-refractivity contribution is 5.95. The molecule has 3 rings (SSSR count). The fourth-order valence-electron chi connectivity index (χ4n) is 4.71. The molecule has 1 fully saturated rings. The minimum Gasteiger partial charge on any atom is -0.493 e. The summed E-state index contributed by atoms with van der Waals surface area (Å²) in [6, 6.07) is 14.7. The Morgan fingerprint density at radius 3 is 2.27 bits per heavy atom. The molecule has 37 heavy (non-hydrogen) atoms. The van der Waals surface area contributed by atoms with Crippen LogP contribution in [0.25, 0.3) is 0 Å². The number of nitrogens with zero attached hydrogens (tertiary/aromatic N) is 2. The van der Waals surface area contributed by atoms with Gasteiger partial charge in [0.1, 0.15) is 0 Å². The number of carbonyl (C=O) groups excluding carboxylic acids is 2. The Balaban J connectivity index is 1.69. The van der Waals surface area contributed by atoms with Gasteiger partial charge in [-0.3, -0.25) is 9.59 Å². The molecule has 1 saturated heterocycles. The van der Waals surface area contributed by atoms with Gasteiger partial charge in [-0.15, -0.1) is 0 Å². The van der Waals surface area contributed by atoms with Crippen LogP contribution >= 0.6 is 0 Å². The van der Waals surface area contributed by atoms with Gasteiger partial charge >= 0.3 is 0 Å². The lowest BCUT2D eigenvalue weighted by molar-refractivity contribution is 0.0634. The third-order valence-electron chi connectivity index (χ3n) is 6.83. The summed E-state index contributed by atoms with van der Waals surface area (Å²) in [7, 11) is 5.09. The Bertz CT molecular complexity index is 1010. The fourth-order valence-corrected chi connectivity index (χ4v) is 4.71. The van der Waals surface area contributed by atoms with Crippen LogP contribution in [0.3, 0.4) is 0 Å². The van der Waals surface area contributed by atoms with Crippen molar-refractivity contribution in [3.05, 3.63) is 59.7 Å². The summed E-state index contributed by atoms with van der Waals surface area (Å²) >= 11 is 0. The van der Waals surface area contributed by atoms with Gasteiger partial charge < -0.3 is 29.3 Å². The molecule has 0 saturated carbocycles. The summed E-state index contributed by atoms with van der Waals surface area (Å²) in [5.41, 5.74) is 1.25.